The molecule has 1 aromatic carbocycles. The molecule has 3 rings (SSSR count). The monoisotopic (exact) mass is 429 g/mol. The fourth-order valence-corrected chi connectivity index (χ4v) is 3.34. The number of hydrogen-bond acceptors (Lipinski definition) is 6. The normalized spacial score (nSPS) is 12.1. The van der Waals surface area contributed by atoms with Crippen LogP contribution in [0.2, 0.25) is 0 Å². The van der Waals surface area contributed by atoms with Gasteiger partial charge in [-0.25, -0.2) is 22.5 Å². The number of sulfonamides is 1. The van der Waals surface area contributed by atoms with E-state index in [9.17, 15) is 26.4 Å². The highest BCUT2D eigenvalue weighted by Crippen LogP contribution is 2.23. The van der Waals surface area contributed by atoms with E-state index in [1.54, 1.807) is 12.3 Å². The number of hydrogen-bond donors (Lipinski definition) is 1. The molecule has 9 nitrogen and oxygen atoms in total. The lowest BCUT2D eigenvalue weighted by molar-refractivity contribution is -0.274. The quantitative estimate of drug-likeness (QED) is 0.607. The number of nitrogens with one attached hydrogen (secondary N) is 1. The lowest BCUT2D eigenvalue weighted by Gasteiger charge is -2.11. The Morgan fingerprint density at radius 2 is 1.83 bits per heavy atom. The van der Waals surface area contributed by atoms with Gasteiger partial charge in [-0.3, -0.25) is 4.79 Å². The Morgan fingerprint density at radius 1 is 1.10 bits per heavy atom. The maximum atomic E-state index is 12.3. The Balaban J connectivity index is 1.65. The van der Waals surface area contributed by atoms with Crippen LogP contribution in [0.3, 0.4) is 0 Å². The summed E-state index contributed by atoms with van der Waals surface area (Å²) in [6.07, 6.45) is -1.70. The van der Waals surface area contributed by atoms with E-state index in [1.807, 2.05) is 0 Å². The van der Waals surface area contributed by atoms with Gasteiger partial charge in [0.05, 0.1) is 11.4 Å². The van der Waals surface area contributed by atoms with Crippen molar-refractivity contribution in [3.63, 3.8) is 0 Å². The lowest BCUT2D eigenvalue weighted by atomic mass is 10.3. The Labute approximate surface area is 162 Å². The molecule has 13 heteroatoms. The fourth-order valence-electron chi connectivity index (χ4n) is 2.31. The van der Waals surface area contributed by atoms with Crippen LogP contribution in [0.5, 0.6) is 5.75 Å². The summed E-state index contributed by atoms with van der Waals surface area (Å²) in [5.41, 5.74) is -0.436. The van der Waals surface area contributed by atoms with E-state index < -0.39 is 27.7 Å². The molecule has 0 saturated carbocycles. The molecule has 2 aromatic heterocycles. The summed E-state index contributed by atoms with van der Waals surface area (Å²) in [6.45, 7) is -0.235. The molecule has 0 spiro atoms. The van der Waals surface area contributed by atoms with Gasteiger partial charge in [-0.05, 0) is 36.4 Å². The van der Waals surface area contributed by atoms with Crippen molar-refractivity contribution in [1.29, 1.82) is 0 Å². The van der Waals surface area contributed by atoms with E-state index in [0.717, 1.165) is 28.9 Å². The van der Waals surface area contributed by atoms with E-state index in [4.69, 9.17) is 0 Å². The molecule has 154 valence electrons. The van der Waals surface area contributed by atoms with Crippen molar-refractivity contribution in [3.05, 3.63) is 65.2 Å². The molecule has 0 bridgehead atoms. The Hall–Kier alpha value is -3.19. The van der Waals surface area contributed by atoms with E-state index in [0.29, 0.717) is 5.82 Å². The first-order valence-electron chi connectivity index (χ1n) is 8.08. The van der Waals surface area contributed by atoms with E-state index in [-0.39, 0.29) is 18.0 Å². The molecule has 2 heterocycles. The van der Waals surface area contributed by atoms with Crippen molar-refractivity contribution in [2.45, 2.75) is 17.8 Å². The van der Waals surface area contributed by atoms with E-state index >= 15 is 0 Å². The van der Waals surface area contributed by atoms with Gasteiger partial charge in [-0.2, -0.15) is 5.10 Å². The van der Waals surface area contributed by atoms with Crippen molar-refractivity contribution < 1.29 is 26.3 Å². The number of aromatic nitrogens is 4. The molecule has 0 aliphatic rings. The number of rotatable bonds is 7. The van der Waals surface area contributed by atoms with Crippen LogP contribution in [-0.2, 0) is 16.6 Å². The third-order valence-corrected chi connectivity index (χ3v) is 5.05. The molecule has 29 heavy (non-hydrogen) atoms. The maximum Gasteiger partial charge on any atom is 0.573 e. The predicted octanol–water partition coefficient (Wildman–Crippen LogP) is 1.31. The van der Waals surface area contributed by atoms with Crippen molar-refractivity contribution >= 4 is 10.0 Å². The number of nitrogens with zero attached hydrogens (tertiary/aromatic N) is 4. The minimum atomic E-state index is -4.87. The first kappa shape index (κ1) is 20.5. The number of alkyl halides is 3. The van der Waals surface area contributed by atoms with Gasteiger partial charge in [0.15, 0.2) is 5.82 Å². The number of benzene rings is 1. The summed E-state index contributed by atoms with van der Waals surface area (Å²) in [5, 5.41) is 8.09. The highest BCUT2D eigenvalue weighted by molar-refractivity contribution is 7.89. The third kappa shape index (κ3) is 5.42. The zero-order valence-electron chi connectivity index (χ0n) is 14.6. The molecule has 0 unspecified atom stereocenters. The summed E-state index contributed by atoms with van der Waals surface area (Å²) >= 11 is 0. The number of ether oxygens (including phenoxy) is 1. The molecule has 0 fully saturated rings. The standard InChI is InChI=1S/C16H14F3N5O4S/c17-16(18,19)28-12-2-4-13(5-3-12)29(26,27)21-9-11-24-15(25)7-6-14(22-24)23-10-1-8-20-23/h1-8,10,21H,9,11H2. The zero-order valence-corrected chi connectivity index (χ0v) is 15.4. The summed E-state index contributed by atoms with van der Waals surface area (Å²) in [7, 11) is -4.00. The summed E-state index contributed by atoms with van der Waals surface area (Å²) < 4.78 is 69.5. The summed E-state index contributed by atoms with van der Waals surface area (Å²) in [6, 6.07) is 8.16. The van der Waals surface area contributed by atoms with Gasteiger partial charge in [-0.1, -0.05) is 0 Å². The largest absolute Gasteiger partial charge is 0.573 e. The smallest absolute Gasteiger partial charge is 0.406 e. The van der Waals surface area contributed by atoms with Crippen LogP contribution in [0.15, 0.2) is 64.5 Å². The average Bonchev–Trinajstić information content (AvgIpc) is 3.17. The second-order valence-electron chi connectivity index (χ2n) is 5.62. The van der Waals surface area contributed by atoms with Gasteiger partial charge in [0, 0.05) is 25.0 Å². The van der Waals surface area contributed by atoms with Gasteiger partial charge in [0.25, 0.3) is 5.56 Å². The van der Waals surface area contributed by atoms with Crippen LogP contribution >= 0.6 is 0 Å². The minimum Gasteiger partial charge on any atom is -0.406 e. The molecular formula is C16H14F3N5O4S. The van der Waals surface area contributed by atoms with Crippen LogP contribution in [0.4, 0.5) is 13.2 Å². The Kier molecular flexibility index (Phi) is 5.70. The van der Waals surface area contributed by atoms with Crippen LogP contribution in [-0.4, -0.2) is 40.9 Å². The second kappa shape index (κ2) is 8.05. The second-order valence-corrected chi connectivity index (χ2v) is 7.39. The van der Waals surface area contributed by atoms with Crippen LogP contribution in [0, 0.1) is 0 Å². The van der Waals surface area contributed by atoms with Crippen LogP contribution < -0.4 is 15.0 Å². The predicted molar refractivity (Wildman–Crippen MR) is 93.9 cm³/mol. The average molecular weight is 429 g/mol. The first-order valence-corrected chi connectivity index (χ1v) is 9.56. The maximum absolute atomic E-state index is 12.3. The Bertz CT molecular complexity index is 1130. The highest BCUT2D eigenvalue weighted by atomic mass is 32.2. The van der Waals surface area contributed by atoms with Gasteiger partial charge in [0.2, 0.25) is 10.0 Å². The fraction of sp³-hybridized carbons (Fsp3) is 0.188. The van der Waals surface area contributed by atoms with Crippen molar-refractivity contribution in [1.82, 2.24) is 24.3 Å². The van der Waals surface area contributed by atoms with Gasteiger partial charge < -0.3 is 4.74 Å². The van der Waals surface area contributed by atoms with Crippen molar-refractivity contribution in [2.75, 3.05) is 6.54 Å². The topological polar surface area (TPSA) is 108 Å². The van der Waals surface area contributed by atoms with Gasteiger partial charge >= 0.3 is 6.36 Å². The van der Waals surface area contributed by atoms with Crippen molar-refractivity contribution in [2.24, 2.45) is 0 Å². The van der Waals surface area contributed by atoms with Crippen LogP contribution in [0.1, 0.15) is 0 Å². The molecule has 1 N–H and O–H groups in total. The molecule has 0 aliphatic carbocycles. The van der Waals surface area contributed by atoms with E-state index in [1.165, 1.54) is 23.0 Å². The van der Waals surface area contributed by atoms with Gasteiger partial charge in [-0.15, -0.1) is 18.3 Å². The minimum absolute atomic E-state index is 0.0670. The molecule has 0 atom stereocenters. The van der Waals surface area contributed by atoms with Gasteiger partial charge in [0.1, 0.15) is 5.75 Å². The molecule has 0 amide bonds. The van der Waals surface area contributed by atoms with Crippen molar-refractivity contribution in [3.8, 4) is 11.6 Å². The summed E-state index contributed by atoms with van der Waals surface area (Å²) in [4.78, 5) is 11.7. The third-order valence-electron chi connectivity index (χ3n) is 3.57. The highest BCUT2D eigenvalue weighted by Gasteiger charge is 2.31. The van der Waals surface area contributed by atoms with Crippen LogP contribution in [0.25, 0.3) is 5.82 Å². The molecule has 3 aromatic rings. The molecule has 0 aliphatic heterocycles. The molecule has 0 saturated heterocycles. The molecule has 0 radical (unpaired) electrons. The summed E-state index contributed by atoms with van der Waals surface area (Å²) in [5.74, 6) is -0.166. The zero-order chi connectivity index (χ0) is 21.1. The lowest BCUT2D eigenvalue weighted by Crippen LogP contribution is -2.32. The van der Waals surface area contributed by atoms with E-state index in [2.05, 4.69) is 19.7 Å². The first-order chi connectivity index (χ1) is 13.6. The molecular weight excluding hydrogens is 415 g/mol. The Morgan fingerprint density at radius 3 is 2.45 bits per heavy atom. The SMILES string of the molecule is O=c1ccc(-n2cccn2)nn1CCNS(=O)(=O)c1ccc(OC(F)(F)F)cc1. The number of halogens is 3.